The third-order valence-corrected chi connectivity index (χ3v) is 4.80. The van der Waals surface area contributed by atoms with Crippen molar-refractivity contribution in [3.8, 4) is 17.6 Å². The highest BCUT2D eigenvalue weighted by atomic mass is 32.1. The number of carbonyl (C=O) groups is 2. The zero-order chi connectivity index (χ0) is 24.2. The van der Waals surface area contributed by atoms with Gasteiger partial charge in [-0.3, -0.25) is 10.1 Å². The van der Waals surface area contributed by atoms with Gasteiger partial charge >= 0.3 is 12.1 Å². The van der Waals surface area contributed by atoms with Crippen LogP contribution in [0.5, 0.6) is 11.5 Å². The van der Waals surface area contributed by atoms with Crippen LogP contribution >= 0.6 is 12.6 Å². The second-order valence-corrected chi connectivity index (χ2v) is 7.05. The van der Waals surface area contributed by atoms with E-state index in [1.165, 1.54) is 13.2 Å². The molecule has 0 heterocycles. The van der Waals surface area contributed by atoms with Crippen LogP contribution in [0.25, 0.3) is 0 Å². The molecule has 0 fully saturated rings. The first-order valence-corrected chi connectivity index (χ1v) is 10.8. The summed E-state index contributed by atoms with van der Waals surface area (Å²) >= 11 is 3.87. The lowest BCUT2D eigenvalue weighted by Crippen LogP contribution is -2.30. The van der Waals surface area contributed by atoms with E-state index in [4.69, 9.17) is 24.2 Å². The zero-order valence-electron chi connectivity index (χ0n) is 18.3. The normalized spacial score (nSPS) is 12.2. The summed E-state index contributed by atoms with van der Waals surface area (Å²) in [7, 11) is 1.42. The van der Waals surface area contributed by atoms with Crippen molar-refractivity contribution in [2.75, 3.05) is 31.4 Å². The number of nitrogens with one attached hydrogen (secondary N) is 1. The van der Waals surface area contributed by atoms with Crippen molar-refractivity contribution in [3.63, 3.8) is 0 Å². The average Bonchev–Trinajstić information content (AvgIpc) is 2.82. The van der Waals surface area contributed by atoms with Crippen LogP contribution in [0.4, 0.5) is 10.5 Å². The number of nitriles is 1. The number of aromatic hydroxyl groups is 1. The van der Waals surface area contributed by atoms with Crippen molar-refractivity contribution in [2.45, 2.75) is 25.6 Å². The van der Waals surface area contributed by atoms with Gasteiger partial charge in [-0.25, -0.2) is 4.79 Å². The second-order valence-electron chi connectivity index (χ2n) is 6.73. The molecule has 1 amide bonds. The molecule has 0 aliphatic rings. The number of hydrogen-bond acceptors (Lipinski definition) is 9. The largest absolute Gasteiger partial charge is 0.504 e. The van der Waals surface area contributed by atoms with Crippen LogP contribution < -0.4 is 10.1 Å². The monoisotopic (exact) mass is 474 g/mol. The van der Waals surface area contributed by atoms with Gasteiger partial charge in [-0.1, -0.05) is 6.07 Å². The molecule has 0 radical (unpaired) electrons. The first kappa shape index (κ1) is 25.8. The van der Waals surface area contributed by atoms with Gasteiger partial charge < -0.3 is 24.1 Å². The molecule has 9 nitrogen and oxygen atoms in total. The number of benzene rings is 2. The van der Waals surface area contributed by atoms with Crippen molar-refractivity contribution in [1.29, 1.82) is 5.26 Å². The summed E-state index contributed by atoms with van der Waals surface area (Å²) in [6, 6.07) is 12.9. The van der Waals surface area contributed by atoms with E-state index in [-0.39, 0.29) is 30.3 Å². The Morgan fingerprint density at radius 3 is 2.52 bits per heavy atom. The van der Waals surface area contributed by atoms with E-state index in [2.05, 4.69) is 17.9 Å². The molecule has 2 atom stereocenters. The summed E-state index contributed by atoms with van der Waals surface area (Å²) in [5, 5.41) is 21.7. The molecule has 0 aliphatic heterocycles. The first-order chi connectivity index (χ1) is 15.9. The van der Waals surface area contributed by atoms with E-state index >= 15 is 0 Å². The predicted molar refractivity (Wildman–Crippen MR) is 124 cm³/mol. The lowest BCUT2D eigenvalue weighted by Gasteiger charge is -2.27. The molecular weight excluding hydrogens is 448 g/mol. The van der Waals surface area contributed by atoms with Crippen LogP contribution in [0.3, 0.4) is 0 Å². The number of anilines is 1. The highest BCUT2D eigenvalue weighted by Crippen LogP contribution is 2.33. The maximum absolute atomic E-state index is 12.7. The van der Waals surface area contributed by atoms with Gasteiger partial charge in [-0.2, -0.15) is 17.9 Å². The minimum atomic E-state index is -0.935. The average molecular weight is 475 g/mol. The van der Waals surface area contributed by atoms with E-state index in [1.807, 2.05) is 6.07 Å². The smallest absolute Gasteiger partial charge is 0.412 e. The predicted octanol–water partition coefficient (Wildman–Crippen LogP) is 3.83. The van der Waals surface area contributed by atoms with Crippen LogP contribution in [0.2, 0.25) is 0 Å². The third kappa shape index (κ3) is 7.89. The van der Waals surface area contributed by atoms with Crippen molar-refractivity contribution in [1.82, 2.24) is 0 Å². The quantitative estimate of drug-likeness (QED) is 0.331. The van der Waals surface area contributed by atoms with Gasteiger partial charge in [0.15, 0.2) is 17.6 Å². The highest BCUT2D eigenvalue weighted by molar-refractivity contribution is 7.81. The van der Waals surface area contributed by atoms with Gasteiger partial charge in [0.2, 0.25) is 0 Å². The van der Waals surface area contributed by atoms with Gasteiger partial charge in [0.05, 0.1) is 31.1 Å². The van der Waals surface area contributed by atoms with Gasteiger partial charge in [-0.05, 0) is 48.9 Å². The Labute approximate surface area is 197 Å². The highest BCUT2D eigenvalue weighted by Gasteiger charge is 2.29. The SMILES string of the molecule is CCO[C@H](CCOC(=O)CS)[C@H](OC(=O)Nc1ccc(C#N)cc1)c1ccc(OC)c(O)c1. The maximum atomic E-state index is 12.7. The standard InChI is InChI=1S/C23H26N2O7S/c1-3-30-20(10-11-31-21(27)14-33)22(16-6-9-19(29-2)18(26)12-16)32-23(28)25-17-7-4-15(13-24)5-8-17/h4-9,12,20,22,26,33H,3,10-11,14H2,1-2H3,(H,25,28)/t20-,22-/m1/s1. The molecule has 0 saturated heterocycles. The third-order valence-electron chi connectivity index (χ3n) is 4.54. The Morgan fingerprint density at radius 2 is 1.94 bits per heavy atom. The van der Waals surface area contributed by atoms with Crippen LogP contribution in [0.1, 0.15) is 30.6 Å². The van der Waals surface area contributed by atoms with Crippen LogP contribution in [0.15, 0.2) is 42.5 Å². The summed E-state index contributed by atoms with van der Waals surface area (Å²) in [5.41, 5.74) is 1.35. The number of phenolic OH excluding ortho intramolecular Hbond substituents is 1. The van der Waals surface area contributed by atoms with E-state index in [9.17, 15) is 14.7 Å². The molecule has 2 N–H and O–H groups in total. The molecule has 0 saturated carbocycles. The maximum Gasteiger partial charge on any atom is 0.412 e. The van der Waals surface area contributed by atoms with Crippen molar-refractivity contribution < 1.29 is 33.6 Å². The number of ether oxygens (including phenoxy) is 4. The second kappa shape index (κ2) is 13.2. The minimum absolute atomic E-state index is 0.0310. The molecule has 0 bridgehead atoms. The lowest BCUT2D eigenvalue weighted by molar-refractivity contribution is -0.142. The van der Waals surface area contributed by atoms with E-state index in [0.29, 0.717) is 23.4 Å². The molecule has 0 unspecified atom stereocenters. The topological polar surface area (TPSA) is 127 Å². The Morgan fingerprint density at radius 1 is 1.21 bits per heavy atom. The molecule has 0 spiro atoms. The molecule has 10 heteroatoms. The summed E-state index contributed by atoms with van der Waals surface area (Å²) < 4.78 is 21.6. The Kier molecular flexibility index (Phi) is 10.3. The van der Waals surface area contributed by atoms with Crippen LogP contribution in [-0.4, -0.2) is 49.3 Å². The van der Waals surface area contributed by atoms with Gasteiger partial charge in [0.1, 0.15) is 6.10 Å². The Balaban J connectivity index is 2.25. The lowest BCUT2D eigenvalue weighted by atomic mass is 10.0. The molecular formula is C23H26N2O7S. The number of carbonyl (C=O) groups excluding carboxylic acids is 2. The molecule has 0 aromatic heterocycles. The first-order valence-electron chi connectivity index (χ1n) is 10.1. The van der Waals surface area contributed by atoms with Gasteiger partial charge in [0, 0.05) is 18.7 Å². The van der Waals surface area contributed by atoms with E-state index in [1.54, 1.807) is 43.3 Å². The number of thiol groups is 1. The summed E-state index contributed by atoms with van der Waals surface area (Å²) in [6.07, 6.45) is -2.15. The number of methoxy groups -OCH3 is 1. The van der Waals surface area contributed by atoms with Crippen LogP contribution in [-0.2, 0) is 19.0 Å². The van der Waals surface area contributed by atoms with E-state index < -0.39 is 24.3 Å². The van der Waals surface area contributed by atoms with Crippen molar-refractivity contribution >= 4 is 30.4 Å². The molecule has 2 aromatic carbocycles. The summed E-state index contributed by atoms with van der Waals surface area (Å²) in [4.78, 5) is 24.1. The summed E-state index contributed by atoms with van der Waals surface area (Å²) in [6.45, 7) is 2.12. The van der Waals surface area contributed by atoms with Crippen molar-refractivity contribution in [3.05, 3.63) is 53.6 Å². The number of nitrogens with zero attached hydrogens (tertiary/aromatic N) is 1. The van der Waals surface area contributed by atoms with Gasteiger partial charge in [0.25, 0.3) is 0 Å². The fraction of sp³-hybridized carbons (Fsp3) is 0.348. The number of rotatable bonds is 11. The molecule has 176 valence electrons. The molecule has 2 aromatic rings. The fourth-order valence-corrected chi connectivity index (χ4v) is 3.10. The minimum Gasteiger partial charge on any atom is -0.504 e. The van der Waals surface area contributed by atoms with Crippen molar-refractivity contribution in [2.24, 2.45) is 0 Å². The number of phenols is 1. The van der Waals surface area contributed by atoms with E-state index in [0.717, 1.165) is 0 Å². The molecule has 2 rings (SSSR count). The Hall–Kier alpha value is -3.42. The fourth-order valence-electron chi connectivity index (χ4n) is 3.00. The Bertz CT molecular complexity index is 976. The molecule has 33 heavy (non-hydrogen) atoms. The zero-order valence-corrected chi connectivity index (χ0v) is 19.2. The number of amides is 1. The number of esters is 1. The van der Waals surface area contributed by atoms with Crippen LogP contribution in [0, 0.1) is 11.3 Å². The molecule has 0 aliphatic carbocycles. The summed E-state index contributed by atoms with van der Waals surface area (Å²) in [5.74, 6) is -0.409. The number of hydrogen-bond donors (Lipinski definition) is 3. The van der Waals surface area contributed by atoms with Gasteiger partial charge in [-0.15, -0.1) is 0 Å².